The predicted molar refractivity (Wildman–Crippen MR) is 192 cm³/mol. The summed E-state index contributed by atoms with van der Waals surface area (Å²) in [7, 11) is 0. The summed E-state index contributed by atoms with van der Waals surface area (Å²) in [5.74, 6) is 1.96. The number of benzene rings is 8. The van der Waals surface area contributed by atoms with Crippen LogP contribution in [0.25, 0.3) is 88.4 Å². The lowest BCUT2D eigenvalue weighted by molar-refractivity contribution is 1.08. The van der Waals surface area contributed by atoms with Crippen LogP contribution in [0.2, 0.25) is 0 Å². The molecule has 0 saturated heterocycles. The van der Waals surface area contributed by atoms with Crippen LogP contribution in [0, 0.1) is 0 Å². The number of fused-ring (bicyclic) bond motifs is 6. The molecule has 0 aliphatic carbocycles. The van der Waals surface area contributed by atoms with Crippen molar-refractivity contribution in [2.24, 2.45) is 0 Å². The molecular weight excluding hydrogens is 558 g/mol. The molecule has 8 aromatic carbocycles. The van der Waals surface area contributed by atoms with Crippen molar-refractivity contribution >= 4 is 43.1 Å². The van der Waals surface area contributed by atoms with Crippen LogP contribution in [0.3, 0.4) is 0 Å². The van der Waals surface area contributed by atoms with Gasteiger partial charge in [-0.1, -0.05) is 152 Å². The smallest absolute Gasteiger partial charge is 0.164 e. The van der Waals surface area contributed by atoms with Gasteiger partial charge >= 0.3 is 0 Å². The number of aromatic nitrogens is 3. The molecule has 0 amide bonds. The van der Waals surface area contributed by atoms with Gasteiger partial charge in [0.05, 0.1) is 0 Å². The van der Waals surface area contributed by atoms with Gasteiger partial charge in [0.15, 0.2) is 17.5 Å². The molecule has 0 atom stereocenters. The summed E-state index contributed by atoms with van der Waals surface area (Å²) in [6.07, 6.45) is 0. The van der Waals surface area contributed by atoms with Gasteiger partial charge in [0.1, 0.15) is 0 Å². The second-order valence-corrected chi connectivity index (χ2v) is 11.7. The summed E-state index contributed by atoms with van der Waals surface area (Å²) >= 11 is 0. The van der Waals surface area contributed by atoms with Crippen molar-refractivity contribution in [3.8, 4) is 45.3 Å². The molecule has 0 aliphatic heterocycles. The molecule has 1 aromatic heterocycles. The van der Waals surface area contributed by atoms with Gasteiger partial charge < -0.3 is 0 Å². The first-order chi connectivity index (χ1) is 22.8. The molecule has 3 nitrogen and oxygen atoms in total. The Labute approximate surface area is 266 Å². The highest BCUT2D eigenvalue weighted by atomic mass is 15.0. The Balaban J connectivity index is 1.22. The van der Waals surface area contributed by atoms with Gasteiger partial charge in [-0.05, 0) is 66.3 Å². The molecule has 0 unspecified atom stereocenters. The zero-order valence-corrected chi connectivity index (χ0v) is 24.9. The molecule has 0 radical (unpaired) electrons. The summed E-state index contributed by atoms with van der Waals surface area (Å²) in [4.78, 5) is 15.1. The maximum atomic E-state index is 5.10. The number of hydrogen-bond acceptors (Lipinski definition) is 3. The van der Waals surface area contributed by atoms with Crippen LogP contribution in [-0.2, 0) is 0 Å². The minimum absolute atomic E-state index is 0.652. The van der Waals surface area contributed by atoms with E-state index in [1.54, 1.807) is 0 Å². The average Bonchev–Trinajstić information content (AvgIpc) is 3.14. The summed E-state index contributed by atoms with van der Waals surface area (Å²) in [6.45, 7) is 0. The van der Waals surface area contributed by atoms with Gasteiger partial charge in [-0.15, -0.1) is 0 Å². The van der Waals surface area contributed by atoms with Gasteiger partial charge in [-0.3, -0.25) is 0 Å². The molecule has 0 N–H and O–H groups in total. The van der Waals surface area contributed by atoms with E-state index in [9.17, 15) is 0 Å². The lowest BCUT2D eigenvalue weighted by Gasteiger charge is -2.12. The highest BCUT2D eigenvalue weighted by Crippen LogP contribution is 2.35. The summed E-state index contributed by atoms with van der Waals surface area (Å²) < 4.78 is 0. The maximum absolute atomic E-state index is 5.10. The van der Waals surface area contributed by atoms with Crippen LogP contribution in [0.1, 0.15) is 0 Å². The van der Waals surface area contributed by atoms with Crippen molar-refractivity contribution in [2.75, 3.05) is 0 Å². The molecule has 3 heteroatoms. The Hall–Kier alpha value is -6.19. The fourth-order valence-electron chi connectivity index (χ4n) is 6.60. The predicted octanol–water partition coefficient (Wildman–Crippen LogP) is 11.2. The average molecular weight is 586 g/mol. The van der Waals surface area contributed by atoms with Crippen molar-refractivity contribution in [1.82, 2.24) is 15.0 Å². The summed E-state index contributed by atoms with van der Waals surface area (Å²) in [6, 6.07) is 57.6. The maximum Gasteiger partial charge on any atom is 0.164 e. The van der Waals surface area contributed by atoms with Crippen molar-refractivity contribution < 1.29 is 0 Å². The van der Waals surface area contributed by atoms with Crippen LogP contribution >= 0.6 is 0 Å². The van der Waals surface area contributed by atoms with Crippen molar-refractivity contribution in [3.63, 3.8) is 0 Å². The number of rotatable bonds is 4. The van der Waals surface area contributed by atoms with Gasteiger partial charge in [-0.25, -0.2) is 15.0 Å². The Morgan fingerprint density at radius 2 is 0.761 bits per heavy atom. The monoisotopic (exact) mass is 585 g/mol. The van der Waals surface area contributed by atoms with Gasteiger partial charge in [0.25, 0.3) is 0 Å². The third kappa shape index (κ3) is 4.49. The molecule has 46 heavy (non-hydrogen) atoms. The van der Waals surface area contributed by atoms with Crippen LogP contribution < -0.4 is 0 Å². The van der Waals surface area contributed by atoms with Gasteiger partial charge in [0.2, 0.25) is 0 Å². The van der Waals surface area contributed by atoms with E-state index in [0.29, 0.717) is 17.5 Å². The minimum Gasteiger partial charge on any atom is -0.208 e. The second-order valence-electron chi connectivity index (χ2n) is 11.7. The van der Waals surface area contributed by atoms with E-state index < -0.39 is 0 Å². The van der Waals surface area contributed by atoms with E-state index in [1.807, 2.05) is 30.3 Å². The molecule has 1 heterocycles. The molecule has 214 valence electrons. The zero-order valence-electron chi connectivity index (χ0n) is 24.9. The van der Waals surface area contributed by atoms with E-state index in [0.717, 1.165) is 22.1 Å². The van der Waals surface area contributed by atoms with E-state index in [4.69, 9.17) is 15.0 Å². The second kappa shape index (κ2) is 10.8. The van der Waals surface area contributed by atoms with Gasteiger partial charge in [-0.2, -0.15) is 0 Å². The Morgan fingerprint density at radius 1 is 0.261 bits per heavy atom. The first kappa shape index (κ1) is 26.2. The van der Waals surface area contributed by atoms with Crippen molar-refractivity contribution in [1.29, 1.82) is 0 Å². The van der Waals surface area contributed by atoms with Crippen LogP contribution in [0.5, 0.6) is 0 Å². The van der Waals surface area contributed by atoms with Crippen LogP contribution in [0.15, 0.2) is 164 Å². The molecule has 0 fully saturated rings. The minimum atomic E-state index is 0.652. The van der Waals surface area contributed by atoms with Gasteiger partial charge in [0, 0.05) is 16.7 Å². The summed E-state index contributed by atoms with van der Waals surface area (Å²) in [5, 5.41) is 9.74. The third-order valence-electron chi connectivity index (χ3n) is 8.89. The molecule has 9 aromatic rings. The lowest BCUT2D eigenvalue weighted by atomic mass is 9.96. The van der Waals surface area contributed by atoms with E-state index >= 15 is 0 Å². The Bertz CT molecular complexity index is 2570. The zero-order chi connectivity index (χ0) is 30.5. The lowest BCUT2D eigenvalue weighted by Crippen LogP contribution is -2.00. The molecule has 0 aliphatic rings. The molecule has 0 saturated carbocycles. The van der Waals surface area contributed by atoms with Crippen molar-refractivity contribution in [3.05, 3.63) is 164 Å². The number of hydrogen-bond donors (Lipinski definition) is 0. The standard InChI is InChI=1S/C43H27N3/c1-3-10-28(11-4-1)36-17-9-15-30-18-19-34(27-40(30)36)43-45-41(31-13-5-2-6-14-31)44-42(46-43)33-22-23-37-32(26-33)21-25-38-35-16-8-7-12-29(35)20-24-39(37)38/h1-27H. The van der Waals surface area contributed by atoms with E-state index in [1.165, 1.54) is 48.8 Å². The highest BCUT2D eigenvalue weighted by Gasteiger charge is 2.15. The largest absolute Gasteiger partial charge is 0.208 e. The SMILES string of the molecule is c1ccc(-c2nc(-c3ccc4c(ccc5c6ccccc6ccc45)c3)nc(-c3ccc4cccc(-c5ccccc5)c4c3)n2)cc1. The first-order valence-electron chi connectivity index (χ1n) is 15.5. The highest BCUT2D eigenvalue weighted by molar-refractivity contribution is 6.17. The van der Waals surface area contributed by atoms with E-state index in [-0.39, 0.29) is 0 Å². The fourth-order valence-corrected chi connectivity index (χ4v) is 6.60. The normalized spacial score (nSPS) is 11.5. The summed E-state index contributed by atoms with van der Waals surface area (Å²) in [5.41, 5.74) is 5.24. The molecular formula is C43H27N3. The van der Waals surface area contributed by atoms with Crippen LogP contribution in [0.4, 0.5) is 0 Å². The quantitative estimate of drug-likeness (QED) is 0.193. The Kier molecular flexibility index (Phi) is 6.14. The first-order valence-corrected chi connectivity index (χ1v) is 15.5. The molecule has 0 bridgehead atoms. The van der Waals surface area contributed by atoms with Crippen LogP contribution in [-0.4, -0.2) is 15.0 Å². The molecule has 0 spiro atoms. The fraction of sp³-hybridized carbons (Fsp3) is 0. The topological polar surface area (TPSA) is 38.7 Å². The molecule has 9 rings (SSSR count). The van der Waals surface area contributed by atoms with Crippen molar-refractivity contribution in [2.45, 2.75) is 0 Å². The number of nitrogens with zero attached hydrogens (tertiary/aromatic N) is 3. The third-order valence-corrected chi connectivity index (χ3v) is 8.89. The van der Waals surface area contributed by atoms with E-state index in [2.05, 4.69) is 133 Å². The Morgan fingerprint density at radius 3 is 1.52 bits per heavy atom.